The van der Waals surface area contributed by atoms with Crippen molar-refractivity contribution in [1.82, 2.24) is 0 Å². The van der Waals surface area contributed by atoms with E-state index < -0.39 is 0 Å². The summed E-state index contributed by atoms with van der Waals surface area (Å²) in [6.45, 7) is 6.96. The maximum absolute atomic E-state index is 2.44. The van der Waals surface area contributed by atoms with Crippen LogP contribution < -0.4 is 4.90 Å². The Kier molecular flexibility index (Phi) is 8.46. The van der Waals surface area contributed by atoms with Gasteiger partial charge in [-0.2, -0.15) is 0 Å². The fourth-order valence-electron chi connectivity index (χ4n) is 8.93. The molecule has 0 unspecified atom stereocenters. The van der Waals surface area contributed by atoms with Crippen molar-refractivity contribution in [2.45, 2.75) is 26.2 Å². The lowest BCUT2D eigenvalue weighted by atomic mass is 9.81. The monoisotopic (exact) mass is 729 g/mol. The molecule has 0 aromatic heterocycles. The van der Waals surface area contributed by atoms with Crippen LogP contribution in [-0.4, -0.2) is 0 Å². The highest BCUT2D eigenvalue weighted by Crippen LogP contribution is 2.52. The molecule has 0 heterocycles. The van der Waals surface area contributed by atoms with Crippen LogP contribution in [0.5, 0.6) is 0 Å². The van der Waals surface area contributed by atoms with Crippen LogP contribution in [0, 0.1) is 6.92 Å². The van der Waals surface area contributed by atoms with E-state index in [9.17, 15) is 0 Å². The van der Waals surface area contributed by atoms with Gasteiger partial charge in [0.1, 0.15) is 0 Å². The highest BCUT2D eigenvalue weighted by molar-refractivity contribution is 5.99. The summed E-state index contributed by atoms with van der Waals surface area (Å²) in [7, 11) is 0. The molecule has 9 aromatic rings. The van der Waals surface area contributed by atoms with Crippen molar-refractivity contribution in [3.63, 3.8) is 0 Å². The minimum atomic E-state index is -0.190. The maximum Gasteiger partial charge on any atom is 0.0540 e. The largest absolute Gasteiger partial charge is 0.310 e. The van der Waals surface area contributed by atoms with Gasteiger partial charge in [-0.1, -0.05) is 178 Å². The topological polar surface area (TPSA) is 3.24 Å². The molecule has 1 aliphatic carbocycles. The molecule has 0 bridgehead atoms. The molecule has 272 valence electrons. The molecule has 1 heteroatoms. The molecular weight excluding hydrogens is 687 g/mol. The Labute approximate surface area is 336 Å². The van der Waals surface area contributed by atoms with Crippen LogP contribution in [0.2, 0.25) is 0 Å². The Hall–Kier alpha value is -6.96. The second kappa shape index (κ2) is 14.0. The van der Waals surface area contributed by atoms with E-state index in [0.717, 1.165) is 17.1 Å². The molecule has 1 aliphatic rings. The van der Waals surface area contributed by atoms with Crippen LogP contribution in [0.25, 0.3) is 66.4 Å². The van der Waals surface area contributed by atoms with Crippen LogP contribution in [0.3, 0.4) is 0 Å². The minimum absolute atomic E-state index is 0.190. The van der Waals surface area contributed by atoms with Gasteiger partial charge in [0, 0.05) is 22.2 Å². The lowest BCUT2D eigenvalue weighted by Crippen LogP contribution is -2.16. The number of anilines is 3. The number of rotatable bonds is 7. The van der Waals surface area contributed by atoms with Gasteiger partial charge < -0.3 is 4.90 Å². The van der Waals surface area contributed by atoms with E-state index in [4.69, 9.17) is 0 Å². The Morgan fingerprint density at radius 1 is 0.351 bits per heavy atom. The Morgan fingerprint density at radius 3 is 1.61 bits per heavy atom. The van der Waals surface area contributed by atoms with Crippen LogP contribution in [0.15, 0.2) is 206 Å². The highest BCUT2D eigenvalue weighted by atomic mass is 15.1. The molecule has 1 nitrogen and oxygen atoms in total. The van der Waals surface area contributed by atoms with Gasteiger partial charge in [-0.3, -0.25) is 0 Å². The van der Waals surface area contributed by atoms with Crippen molar-refractivity contribution in [1.29, 1.82) is 0 Å². The zero-order chi connectivity index (χ0) is 38.5. The zero-order valence-electron chi connectivity index (χ0n) is 32.6. The predicted molar refractivity (Wildman–Crippen MR) is 243 cm³/mol. The number of benzene rings is 9. The van der Waals surface area contributed by atoms with E-state index in [2.05, 4.69) is 232 Å². The smallest absolute Gasteiger partial charge is 0.0540 e. The SMILES string of the molecule is Cc1ccccc1-c1cccc(-c2ccc3c(c2)C(C)(C)c2cc(N(c4ccc(-c5ccc(-c6ccccc6)cc5)cc4)c4cccc5ccccc45)ccc2-3)c1. The van der Waals surface area contributed by atoms with Gasteiger partial charge in [-0.05, 0) is 127 Å². The molecule has 57 heavy (non-hydrogen) atoms. The number of fused-ring (bicyclic) bond motifs is 4. The fourth-order valence-corrected chi connectivity index (χ4v) is 8.93. The van der Waals surface area contributed by atoms with Gasteiger partial charge in [-0.15, -0.1) is 0 Å². The van der Waals surface area contributed by atoms with Gasteiger partial charge in [0.2, 0.25) is 0 Å². The number of hydrogen-bond donors (Lipinski definition) is 0. The summed E-state index contributed by atoms with van der Waals surface area (Å²) in [5.74, 6) is 0. The molecular formula is C56H43N. The van der Waals surface area contributed by atoms with E-state index in [1.54, 1.807) is 0 Å². The zero-order valence-corrected chi connectivity index (χ0v) is 32.6. The van der Waals surface area contributed by atoms with E-state index in [0.29, 0.717) is 0 Å². The van der Waals surface area contributed by atoms with E-state index >= 15 is 0 Å². The third kappa shape index (κ3) is 6.13. The molecule has 0 atom stereocenters. The van der Waals surface area contributed by atoms with Gasteiger partial charge in [0.05, 0.1) is 5.69 Å². The number of nitrogens with zero attached hydrogens (tertiary/aromatic N) is 1. The average Bonchev–Trinajstić information content (AvgIpc) is 3.49. The van der Waals surface area contributed by atoms with E-state index in [1.807, 2.05) is 0 Å². The Balaban J connectivity index is 1.03. The third-order valence-electron chi connectivity index (χ3n) is 12.0. The summed E-state index contributed by atoms with van der Waals surface area (Å²) < 4.78 is 0. The molecule has 0 fully saturated rings. The van der Waals surface area contributed by atoms with Crippen molar-refractivity contribution < 1.29 is 0 Å². The maximum atomic E-state index is 2.44. The summed E-state index contributed by atoms with van der Waals surface area (Å²) in [6.07, 6.45) is 0. The molecule has 0 N–H and O–H groups in total. The first-order chi connectivity index (χ1) is 27.9. The normalized spacial score (nSPS) is 12.6. The summed E-state index contributed by atoms with van der Waals surface area (Å²) in [6, 6.07) is 75.6. The van der Waals surface area contributed by atoms with Crippen LogP contribution in [0.4, 0.5) is 17.1 Å². The first kappa shape index (κ1) is 34.5. The van der Waals surface area contributed by atoms with Gasteiger partial charge in [-0.25, -0.2) is 0 Å². The molecule has 10 rings (SSSR count). The summed E-state index contributed by atoms with van der Waals surface area (Å²) in [5, 5.41) is 2.45. The standard InChI is InChI=1S/C56H43N/c1-38-13-7-9-20-49(38)46-19-11-18-44(35-46)45-29-33-51-52-34-32-48(37-54(52)56(2,3)53(51)36-45)57(55-22-12-17-43-16-8-10-21-50(43)55)47-30-27-42(28-31-47)41-25-23-40(24-26-41)39-14-5-4-6-15-39/h4-37H,1-3H3. The molecule has 0 aliphatic heterocycles. The quantitative estimate of drug-likeness (QED) is 0.158. The summed E-state index contributed by atoms with van der Waals surface area (Å²) >= 11 is 0. The third-order valence-corrected chi connectivity index (χ3v) is 12.0. The first-order valence-electron chi connectivity index (χ1n) is 19.9. The molecule has 0 saturated heterocycles. The predicted octanol–water partition coefficient (Wildman–Crippen LogP) is 15.6. The second-order valence-electron chi connectivity index (χ2n) is 15.8. The lowest BCUT2D eigenvalue weighted by Gasteiger charge is -2.29. The summed E-state index contributed by atoms with van der Waals surface area (Å²) in [4.78, 5) is 2.44. The number of aryl methyl sites for hydroxylation is 1. The van der Waals surface area contributed by atoms with E-state index in [-0.39, 0.29) is 5.41 Å². The van der Waals surface area contributed by atoms with Crippen LogP contribution >= 0.6 is 0 Å². The van der Waals surface area contributed by atoms with E-state index in [1.165, 1.54) is 83.1 Å². The van der Waals surface area contributed by atoms with Gasteiger partial charge in [0.25, 0.3) is 0 Å². The van der Waals surface area contributed by atoms with Crippen molar-refractivity contribution in [2.75, 3.05) is 4.90 Å². The molecule has 0 amide bonds. The summed E-state index contributed by atoms with van der Waals surface area (Å²) in [5.41, 5.74) is 19.8. The average molecular weight is 730 g/mol. The molecule has 0 radical (unpaired) electrons. The van der Waals surface area contributed by atoms with Gasteiger partial charge in [0.15, 0.2) is 0 Å². The van der Waals surface area contributed by atoms with Crippen molar-refractivity contribution in [3.05, 3.63) is 223 Å². The lowest BCUT2D eigenvalue weighted by molar-refractivity contribution is 0.660. The minimum Gasteiger partial charge on any atom is -0.310 e. The highest BCUT2D eigenvalue weighted by Gasteiger charge is 2.36. The van der Waals surface area contributed by atoms with Crippen molar-refractivity contribution >= 4 is 27.8 Å². The first-order valence-corrected chi connectivity index (χ1v) is 19.9. The molecule has 0 spiro atoms. The Morgan fingerprint density at radius 2 is 0.860 bits per heavy atom. The molecule has 9 aromatic carbocycles. The van der Waals surface area contributed by atoms with Crippen molar-refractivity contribution in [3.8, 4) is 55.6 Å². The van der Waals surface area contributed by atoms with Gasteiger partial charge >= 0.3 is 0 Å². The van der Waals surface area contributed by atoms with Crippen LogP contribution in [-0.2, 0) is 5.41 Å². The fraction of sp³-hybridized carbons (Fsp3) is 0.0714. The van der Waals surface area contributed by atoms with Crippen LogP contribution in [0.1, 0.15) is 30.5 Å². The Bertz CT molecular complexity index is 2910. The molecule has 0 saturated carbocycles. The van der Waals surface area contributed by atoms with Crippen molar-refractivity contribution in [2.24, 2.45) is 0 Å². The second-order valence-corrected chi connectivity index (χ2v) is 15.8. The number of hydrogen-bond acceptors (Lipinski definition) is 1.